The first-order chi connectivity index (χ1) is 8.66. The van der Waals surface area contributed by atoms with Crippen molar-refractivity contribution in [1.82, 2.24) is 0 Å². The Kier molecular flexibility index (Phi) is 4.21. The molecule has 0 bridgehead atoms. The average Bonchev–Trinajstić information content (AvgIpc) is 2.37. The van der Waals surface area contributed by atoms with E-state index in [-0.39, 0.29) is 0 Å². The SMILES string of the molecule is CC(N)CCCN(C)c1ccc2ccccc2c1. The van der Waals surface area contributed by atoms with E-state index >= 15 is 0 Å². The zero-order chi connectivity index (χ0) is 13.0. The van der Waals surface area contributed by atoms with Crippen LogP contribution in [0.1, 0.15) is 19.8 Å². The molecule has 2 nitrogen and oxygen atoms in total. The van der Waals surface area contributed by atoms with Crippen molar-refractivity contribution in [3.8, 4) is 0 Å². The molecule has 2 heteroatoms. The minimum Gasteiger partial charge on any atom is -0.375 e. The summed E-state index contributed by atoms with van der Waals surface area (Å²) in [6.45, 7) is 3.12. The molecule has 0 amide bonds. The lowest BCUT2D eigenvalue weighted by molar-refractivity contribution is 0.622. The molecular weight excluding hydrogens is 220 g/mol. The van der Waals surface area contributed by atoms with Crippen molar-refractivity contribution >= 4 is 16.5 Å². The molecule has 1 unspecified atom stereocenters. The Hall–Kier alpha value is -1.54. The molecule has 2 aromatic rings. The van der Waals surface area contributed by atoms with Gasteiger partial charge in [-0.15, -0.1) is 0 Å². The van der Waals surface area contributed by atoms with E-state index in [1.165, 1.54) is 16.5 Å². The minimum absolute atomic E-state index is 0.301. The molecule has 0 heterocycles. The predicted molar refractivity (Wildman–Crippen MR) is 80.1 cm³/mol. The largest absolute Gasteiger partial charge is 0.375 e. The molecule has 0 radical (unpaired) electrons. The number of rotatable bonds is 5. The number of anilines is 1. The van der Waals surface area contributed by atoms with Gasteiger partial charge in [0.15, 0.2) is 0 Å². The van der Waals surface area contributed by atoms with Gasteiger partial charge < -0.3 is 10.6 Å². The average molecular weight is 242 g/mol. The third-order valence-corrected chi connectivity index (χ3v) is 3.33. The van der Waals surface area contributed by atoms with Crippen LogP contribution in [0, 0.1) is 0 Å². The van der Waals surface area contributed by atoms with E-state index < -0.39 is 0 Å². The summed E-state index contributed by atoms with van der Waals surface area (Å²) < 4.78 is 0. The number of benzene rings is 2. The molecule has 1 atom stereocenters. The monoisotopic (exact) mass is 242 g/mol. The van der Waals surface area contributed by atoms with Crippen molar-refractivity contribution in [2.75, 3.05) is 18.5 Å². The first-order valence-corrected chi connectivity index (χ1v) is 6.62. The van der Waals surface area contributed by atoms with Crippen LogP contribution in [0.2, 0.25) is 0 Å². The highest BCUT2D eigenvalue weighted by molar-refractivity contribution is 5.85. The first kappa shape index (κ1) is 12.9. The number of fused-ring (bicyclic) bond motifs is 1. The van der Waals surface area contributed by atoms with E-state index in [0.29, 0.717) is 6.04 Å². The summed E-state index contributed by atoms with van der Waals surface area (Å²) in [6.07, 6.45) is 2.22. The van der Waals surface area contributed by atoms with Crippen molar-refractivity contribution in [3.05, 3.63) is 42.5 Å². The third kappa shape index (κ3) is 3.23. The van der Waals surface area contributed by atoms with E-state index in [9.17, 15) is 0 Å². The van der Waals surface area contributed by atoms with Crippen molar-refractivity contribution in [2.24, 2.45) is 5.73 Å². The molecular formula is C16H22N2. The second-order valence-electron chi connectivity index (χ2n) is 5.07. The van der Waals surface area contributed by atoms with E-state index in [1.54, 1.807) is 0 Å². The minimum atomic E-state index is 0.301. The molecule has 0 aliphatic carbocycles. The maximum atomic E-state index is 5.77. The Balaban J connectivity index is 2.06. The van der Waals surface area contributed by atoms with Crippen molar-refractivity contribution in [2.45, 2.75) is 25.8 Å². The maximum absolute atomic E-state index is 5.77. The molecule has 96 valence electrons. The lowest BCUT2D eigenvalue weighted by atomic mass is 10.1. The van der Waals surface area contributed by atoms with Gasteiger partial charge in [0.25, 0.3) is 0 Å². The zero-order valence-electron chi connectivity index (χ0n) is 11.3. The zero-order valence-corrected chi connectivity index (χ0v) is 11.3. The van der Waals surface area contributed by atoms with Gasteiger partial charge in [-0.05, 0) is 42.7 Å². The van der Waals surface area contributed by atoms with E-state index in [2.05, 4.69) is 61.3 Å². The summed E-state index contributed by atoms with van der Waals surface area (Å²) in [5.41, 5.74) is 7.05. The van der Waals surface area contributed by atoms with E-state index in [1.807, 2.05) is 0 Å². The summed E-state index contributed by atoms with van der Waals surface area (Å²) in [4.78, 5) is 2.30. The van der Waals surface area contributed by atoms with Crippen LogP contribution in [0.15, 0.2) is 42.5 Å². The molecule has 2 aromatic carbocycles. The van der Waals surface area contributed by atoms with Crippen LogP contribution in [0.4, 0.5) is 5.69 Å². The van der Waals surface area contributed by atoms with Gasteiger partial charge in [-0.1, -0.05) is 30.3 Å². The number of nitrogens with zero attached hydrogens (tertiary/aromatic N) is 1. The Morgan fingerprint density at radius 1 is 1.11 bits per heavy atom. The molecule has 2 rings (SSSR count). The predicted octanol–water partition coefficient (Wildman–Crippen LogP) is 3.40. The second kappa shape index (κ2) is 5.87. The van der Waals surface area contributed by atoms with Gasteiger partial charge in [0.2, 0.25) is 0 Å². The summed E-state index contributed by atoms with van der Waals surface area (Å²) in [7, 11) is 2.14. The van der Waals surface area contributed by atoms with Crippen LogP contribution in [0.3, 0.4) is 0 Å². The van der Waals surface area contributed by atoms with Crippen molar-refractivity contribution in [3.63, 3.8) is 0 Å². The van der Waals surface area contributed by atoms with Gasteiger partial charge in [0.1, 0.15) is 0 Å². The molecule has 2 N–H and O–H groups in total. The van der Waals surface area contributed by atoms with Crippen LogP contribution in [-0.4, -0.2) is 19.6 Å². The molecule has 0 spiro atoms. The second-order valence-corrected chi connectivity index (χ2v) is 5.07. The Morgan fingerprint density at radius 2 is 1.83 bits per heavy atom. The van der Waals surface area contributed by atoms with Crippen LogP contribution in [0.5, 0.6) is 0 Å². The fourth-order valence-electron chi connectivity index (χ4n) is 2.19. The van der Waals surface area contributed by atoms with Crippen LogP contribution < -0.4 is 10.6 Å². The van der Waals surface area contributed by atoms with Gasteiger partial charge >= 0.3 is 0 Å². The van der Waals surface area contributed by atoms with Crippen LogP contribution in [0.25, 0.3) is 10.8 Å². The summed E-state index contributed by atoms with van der Waals surface area (Å²) >= 11 is 0. The molecule has 18 heavy (non-hydrogen) atoms. The summed E-state index contributed by atoms with van der Waals surface area (Å²) in [5.74, 6) is 0. The van der Waals surface area contributed by atoms with Gasteiger partial charge in [0, 0.05) is 25.3 Å². The summed E-state index contributed by atoms with van der Waals surface area (Å²) in [6, 6.07) is 15.4. The highest BCUT2D eigenvalue weighted by Crippen LogP contribution is 2.21. The van der Waals surface area contributed by atoms with Gasteiger partial charge in [0.05, 0.1) is 0 Å². The molecule has 0 aliphatic heterocycles. The molecule has 0 fully saturated rings. The Morgan fingerprint density at radius 3 is 2.56 bits per heavy atom. The first-order valence-electron chi connectivity index (χ1n) is 6.62. The lowest BCUT2D eigenvalue weighted by Gasteiger charge is -2.20. The number of hydrogen-bond acceptors (Lipinski definition) is 2. The molecule has 0 aromatic heterocycles. The number of hydrogen-bond donors (Lipinski definition) is 1. The maximum Gasteiger partial charge on any atom is 0.0370 e. The Bertz CT molecular complexity index is 505. The normalized spacial score (nSPS) is 12.6. The van der Waals surface area contributed by atoms with Crippen LogP contribution >= 0.6 is 0 Å². The lowest BCUT2D eigenvalue weighted by Crippen LogP contribution is -2.21. The topological polar surface area (TPSA) is 29.3 Å². The molecule has 0 saturated heterocycles. The van der Waals surface area contributed by atoms with Crippen molar-refractivity contribution < 1.29 is 0 Å². The van der Waals surface area contributed by atoms with E-state index in [4.69, 9.17) is 5.73 Å². The molecule has 0 aliphatic rings. The Labute approximate surface area is 109 Å². The van der Waals surface area contributed by atoms with Crippen molar-refractivity contribution in [1.29, 1.82) is 0 Å². The smallest absolute Gasteiger partial charge is 0.0370 e. The third-order valence-electron chi connectivity index (χ3n) is 3.33. The van der Waals surface area contributed by atoms with E-state index in [0.717, 1.165) is 19.4 Å². The molecule has 0 saturated carbocycles. The highest BCUT2D eigenvalue weighted by atomic mass is 15.1. The fourth-order valence-corrected chi connectivity index (χ4v) is 2.19. The van der Waals surface area contributed by atoms with Gasteiger partial charge in [-0.2, -0.15) is 0 Å². The van der Waals surface area contributed by atoms with Crippen LogP contribution in [-0.2, 0) is 0 Å². The quantitative estimate of drug-likeness (QED) is 0.870. The van der Waals surface area contributed by atoms with Gasteiger partial charge in [-0.3, -0.25) is 0 Å². The highest BCUT2D eigenvalue weighted by Gasteiger charge is 2.02. The van der Waals surface area contributed by atoms with Gasteiger partial charge in [-0.25, -0.2) is 0 Å². The summed E-state index contributed by atoms with van der Waals surface area (Å²) in [5, 5.41) is 2.60. The fraction of sp³-hybridized carbons (Fsp3) is 0.375. The standard InChI is InChI=1S/C16H22N2/c1-13(17)6-5-11-18(2)16-10-9-14-7-3-4-8-15(14)12-16/h3-4,7-10,12-13H,5-6,11,17H2,1-2H3. The number of nitrogens with two attached hydrogens (primary N) is 1.